The maximum Gasteiger partial charge on any atom is 0.264 e. The summed E-state index contributed by atoms with van der Waals surface area (Å²) in [5.74, 6) is -1.93. The van der Waals surface area contributed by atoms with Crippen LogP contribution in [-0.4, -0.2) is 72.8 Å². The molecule has 1 aromatic carbocycles. The van der Waals surface area contributed by atoms with Crippen LogP contribution in [0.5, 0.6) is 0 Å². The third-order valence-electron chi connectivity index (χ3n) is 7.22. The standard InChI is InChI=1S/C24H28N4O6/c29-19-5-4-18(22(31)26-19)28-23(32)16-2-1-3-17(20(16)24(28)33)27-10-6-15(7-11-27)25-21(30)14-8-12-34-13-9-14/h1-3,14-15,18H,4-13H2,(H,25,30)(H,26,29,31). The number of anilines is 1. The third kappa shape index (κ3) is 4.06. The van der Waals surface area contributed by atoms with Crippen LogP contribution in [0.4, 0.5) is 5.69 Å². The van der Waals surface area contributed by atoms with E-state index in [1.54, 1.807) is 12.1 Å². The van der Waals surface area contributed by atoms with E-state index in [2.05, 4.69) is 15.5 Å². The number of nitrogens with zero attached hydrogens (tertiary/aromatic N) is 2. The van der Waals surface area contributed by atoms with Gasteiger partial charge in [-0.05, 0) is 44.2 Å². The molecule has 3 saturated heterocycles. The summed E-state index contributed by atoms with van der Waals surface area (Å²) in [6.45, 7) is 2.51. The predicted octanol–water partition coefficient (Wildman–Crippen LogP) is 0.599. The zero-order chi connectivity index (χ0) is 23.8. The van der Waals surface area contributed by atoms with Crippen LogP contribution in [0.25, 0.3) is 0 Å². The van der Waals surface area contributed by atoms with Gasteiger partial charge in [-0.15, -0.1) is 0 Å². The summed E-state index contributed by atoms with van der Waals surface area (Å²) in [6.07, 6.45) is 3.18. The van der Waals surface area contributed by atoms with E-state index in [4.69, 9.17) is 4.74 Å². The Balaban J connectivity index is 1.27. The molecule has 0 radical (unpaired) electrons. The normalized spacial score (nSPS) is 24.3. The molecule has 10 heteroatoms. The molecule has 0 bridgehead atoms. The number of fused-ring (bicyclic) bond motifs is 1. The second kappa shape index (κ2) is 9.17. The van der Waals surface area contributed by atoms with Crippen LogP contribution in [0.15, 0.2) is 18.2 Å². The first kappa shape index (κ1) is 22.5. The van der Waals surface area contributed by atoms with Crippen LogP contribution in [0, 0.1) is 5.92 Å². The average Bonchev–Trinajstić information content (AvgIpc) is 3.10. The number of nitrogens with one attached hydrogen (secondary N) is 2. The number of rotatable bonds is 4. The Hall–Kier alpha value is -3.27. The second-order valence-corrected chi connectivity index (χ2v) is 9.30. The van der Waals surface area contributed by atoms with E-state index in [9.17, 15) is 24.0 Å². The first-order valence-electron chi connectivity index (χ1n) is 11.9. The largest absolute Gasteiger partial charge is 0.381 e. The van der Waals surface area contributed by atoms with Crippen molar-refractivity contribution in [1.82, 2.24) is 15.5 Å². The van der Waals surface area contributed by atoms with Gasteiger partial charge >= 0.3 is 0 Å². The Bertz CT molecular complexity index is 1040. The molecule has 0 saturated carbocycles. The quantitative estimate of drug-likeness (QED) is 0.620. The Morgan fingerprint density at radius 3 is 2.41 bits per heavy atom. The van der Waals surface area contributed by atoms with Gasteiger partial charge in [-0.25, -0.2) is 0 Å². The highest BCUT2D eigenvalue weighted by Crippen LogP contribution is 2.35. The maximum absolute atomic E-state index is 13.3. The van der Waals surface area contributed by atoms with E-state index in [1.165, 1.54) is 0 Å². The van der Waals surface area contributed by atoms with Crippen molar-refractivity contribution in [3.8, 4) is 0 Å². The number of carbonyl (C=O) groups excluding carboxylic acids is 5. The maximum atomic E-state index is 13.3. The summed E-state index contributed by atoms with van der Waals surface area (Å²) in [5.41, 5.74) is 1.25. The summed E-state index contributed by atoms with van der Waals surface area (Å²) in [4.78, 5) is 65.8. The van der Waals surface area contributed by atoms with Gasteiger partial charge in [-0.2, -0.15) is 0 Å². The fraction of sp³-hybridized carbons (Fsp3) is 0.542. The fourth-order valence-electron chi connectivity index (χ4n) is 5.30. The van der Waals surface area contributed by atoms with Gasteiger partial charge in [-0.3, -0.25) is 34.2 Å². The second-order valence-electron chi connectivity index (χ2n) is 9.30. The highest BCUT2D eigenvalue weighted by atomic mass is 16.5. The zero-order valence-electron chi connectivity index (χ0n) is 18.9. The highest BCUT2D eigenvalue weighted by Gasteiger charge is 2.46. The van der Waals surface area contributed by atoms with Gasteiger partial charge in [-0.1, -0.05) is 6.07 Å². The topological polar surface area (TPSA) is 125 Å². The lowest BCUT2D eigenvalue weighted by Gasteiger charge is -2.35. The minimum Gasteiger partial charge on any atom is -0.381 e. The van der Waals surface area contributed by atoms with Crippen LogP contribution in [-0.2, 0) is 19.1 Å². The van der Waals surface area contributed by atoms with Crippen LogP contribution in [0.1, 0.15) is 59.2 Å². The molecule has 3 fully saturated rings. The number of imide groups is 2. The molecule has 1 aromatic rings. The van der Waals surface area contributed by atoms with E-state index >= 15 is 0 Å². The number of ether oxygens (including phenoxy) is 1. The smallest absolute Gasteiger partial charge is 0.264 e. The number of piperidine rings is 2. The molecule has 34 heavy (non-hydrogen) atoms. The molecular formula is C24H28N4O6. The lowest BCUT2D eigenvalue weighted by Crippen LogP contribution is -2.54. The van der Waals surface area contributed by atoms with E-state index in [0.717, 1.165) is 30.6 Å². The molecule has 0 aromatic heterocycles. The molecule has 1 unspecified atom stereocenters. The monoisotopic (exact) mass is 468 g/mol. The van der Waals surface area contributed by atoms with Crippen molar-refractivity contribution in [3.05, 3.63) is 29.3 Å². The summed E-state index contributed by atoms with van der Waals surface area (Å²) in [5, 5.41) is 5.39. The van der Waals surface area contributed by atoms with Gasteiger partial charge in [0.1, 0.15) is 6.04 Å². The van der Waals surface area contributed by atoms with Crippen molar-refractivity contribution in [2.75, 3.05) is 31.2 Å². The van der Waals surface area contributed by atoms with Crippen molar-refractivity contribution in [2.45, 2.75) is 50.6 Å². The first-order chi connectivity index (χ1) is 16.4. The van der Waals surface area contributed by atoms with E-state index in [-0.39, 0.29) is 36.3 Å². The zero-order valence-corrected chi connectivity index (χ0v) is 18.9. The summed E-state index contributed by atoms with van der Waals surface area (Å²) in [6, 6.07) is 4.25. The number of hydrogen-bond acceptors (Lipinski definition) is 7. The molecule has 5 amide bonds. The lowest BCUT2D eigenvalue weighted by molar-refractivity contribution is -0.136. The molecule has 10 nitrogen and oxygen atoms in total. The van der Waals surface area contributed by atoms with E-state index in [0.29, 0.717) is 37.6 Å². The van der Waals surface area contributed by atoms with Crippen molar-refractivity contribution in [1.29, 1.82) is 0 Å². The molecule has 0 spiro atoms. The summed E-state index contributed by atoms with van der Waals surface area (Å²) < 4.78 is 5.33. The molecule has 2 N–H and O–H groups in total. The summed E-state index contributed by atoms with van der Waals surface area (Å²) >= 11 is 0. The molecule has 5 rings (SSSR count). The third-order valence-corrected chi connectivity index (χ3v) is 7.22. The molecule has 1 atom stereocenters. The molecule has 4 aliphatic rings. The Morgan fingerprint density at radius 1 is 0.971 bits per heavy atom. The SMILES string of the molecule is O=C1CCC(N2C(=O)c3cccc(N4CCC(NC(=O)C5CCOCC5)CC4)c3C2=O)C(=O)N1. The minimum absolute atomic E-state index is 0.00562. The lowest BCUT2D eigenvalue weighted by atomic mass is 9.97. The number of carbonyl (C=O) groups is 5. The average molecular weight is 469 g/mol. The molecule has 4 heterocycles. The van der Waals surface area contributed by atoms with E-state index in [1.807, 2.05) is 6.07 Å². The van der Waals surface area contributed by atoms with Crippen LogP contribution >= 0.6 is 0 Å². The summed E-state index contributed by atoms with van der Waals surface area (Å²) in [7, 11) is 0. The van der Waals surface area contributed by atoms with Crippen molar-refractivity contribution < 1.29 is 28.7 Å². The molecule has 4 aliphatic heterocycles. The van der Waals surface area contributed by atoms with Crippen molar-refractivity contribution in [3.63, 3.8) is 0 Å². The fourth-order valence-corrected chi connectivity index (χ4v) is 5.30. The minimum atomic E-state index is -0.982. The highest BCUT2D eigenvalue weighted by molar-refractivity contribution is 6.25. The number of benzene rings is 1. The first-order valence-corrected chi connectivity index (χ1v) is 11.9. The molecular weight excluding hydrogens is 440 g/mol. The van der Waals surface area contributed by atoms with Gasteiger partial charge in [0.25, 0.3) is 11.8 Å². The van der Waals surface area contributed by atoms with Crippen molar-refractivity contribution in [2.24, 2.45) is 5.92 Å². The van der Waals surface area contributed by atoms with Gasteiger partial charge in [0.05, 0.1) is 16.8 Å². The van der Waals surface area contributed by atoms with Gasteiger partial charge in [0.15, 0.2) is 0 Å². The van der Waals surface area contributed by atoms with Gasteiger partial charge in [0.2, 0.25) is 17.7 Å². The Morgan fingerprint density at radius 2 is 1.71 bits per heavy atom. The van der Waals surface area contributed by atoms with E-state index < -0.39 is 29.7 Å². The van der Waals surface area contributed by atoms with Crippen LogP contribution < -0.4 is 15.5 Å². The van der Waals surface area contributed by atoms with Crippen LogP contribution in [0.2, 0.25) is 0 Å². The number of amides is 5. The van der Waals surface area contributed by atoms with Crippen LogP contribution in [0.3, 0.4) is 0 Å². The Kier molecular flexibility index (Phi) is 6.07. The predicted molar refractivity (Wildman–Crippen MR) is 120 cm³/mol. The Labute approximate surface area is 197 Å². The van der Waals surface area contributed by atoms with Crippen molar-refractivity contribution >= 4 is 35.2 Å². The van der Waals surface area contributed by atoms with Gasteiger partial charge < -0.3 is 15.0 Å². The molecule has 180 valence electrons. The number of hydrogen-bond donors (Lipinski definition) is 2. The molecule has 0 aliphatic carbocycles. The van der Waals surface area contributed by atoms with Gasteiger partial charge in [0, 0.05) is 44.7 Å².